The first kappa shape index (κ1) is 11.7. The van der Waals surface area contributed by atoms with E-state index in [9.17, 15) is 9.59 Å². The van der Waals surface area contributed by atoms with Gasteiger partial charge in [-0.05, 0) is 5.56 Å². The lowest BCUT2D eigenvalue weighted by molar-refractivity contribution is 1.08. The second-order valence-electron chi connectivity index (χ2n) is 3.94. The van der Waals surface area contributed by atoms with Gasteiger partial charge in [0.25, 0.3) is 5.56 Å². The number of H-pyrrole nitrogens is 2. The Morgan fingerprint density at radius 1 is 1.16 bits per heavy atom. The van der Waals surface area contributed by atoms with E-state index in [2.05, 4.69) is 20.3 Å². The lowest BCUT2D eigenvalue weighted by atomic mass is 10.2. The smallest absolute Gasteiger partial charge is 0.326 e. The Morgan fingerprint density at radius 2 is 1.95 bits per heavy atom. The number of nitrogens with zero attached hydrogens (tertiary/aromatic N) is 1. The molecule has 0 bridgehead atoms. The molecule has 2 heterocycles. The van der Waals surface area contributed by atoms with E-state index in [1.165, 1.54) is 11.3 Å². The number of aromatic amines is 2. The molecule has 0 saturated heterocycles. The van der Waals surface area contributed by atoms with Crippen molar-refractivity contribution in [2.45, 2.75) is 6.54 Å². The summed E-state index contributed by atoms with van der Waals surface area (Å²) in [6, 6.07) is 9.85. The van der Waals surface area contributed by atoms with Gasteiger partial charge in [0.2, 0.25) is 0 Å². The fraction of sp³-hybridized carbons (Fsp3) is 0.0833. The van der Waals surface area contributed by atoms with Gasteiger partial charge in [0.15, 0.2) is 10.6 Å². The van der Waals surface area contributed by atoms with Crippen molar-refractivity contribution in [2.75, 3.05) is 5.32 Å². The Kier molecular flexibility index (Phi) is 2.88. The first-order valence-corrected chi connectivity index (χ1v) is 6.45. The lowest BCUT2D eigenvalue weighted by Gasteiger charge is -2.01. The lowest BCUT2D eigenvalue weighted by Crippen LogP contribution is -2.21. The van der Waals surface area contributed by atoms with Crippen LogP contribution in [0.25, 0.3) is 10.3 Å². The second kappa shape index (κ2) is 4.69. The zero-order valence-corrected chi connectivity index (χ0v) is 10.6. The van der Waals surface area contributed by atoms with Gasteiger partial charge in [0, 0.05) is 6.54 Å². The molecule has 0 amide bonds. The third kappa shape index (κ3) is 2.41. The summed E-state index contributed by atoms with van der Waals surface area (Å²) in [5, 5.41) is 3.73. The quantitative estimate of drug-likeness (QED) is 0.671. The molecule has 7 heteroatoms. The summed E-state index contributed by atoms with van der Waals surface area (Å²) in [4.78, 5) is 32.0. The van der Waals surface area contributed by atoms with Gasteiger partial charge < -0.3 is 5.32 Å². The summed E-state index contributed by atoms with van der Waals surface area (Å²) in [6.45, 7) is 0.614. The van der Waals surface area contributed by atoms with Crippen molar-refractivity contribution < 1.29 is 0 Å². The minimum absolute atomic E-state index is 0.250. The maximum atomic E-state index is 11.5. The Bertz CT molecular complexity index is 819. The van der Waals surface area contributed by atoms with E-state index < -0.39 is 11.2 Å². The molecule has 3 rings (SSSR count). The predicted octanol–water partition coefficient (Wildman–Crippen LogP) is 1.28. The number of hydrogen-bond donors (Lipinski definition) is 3. The second-order valence-corrected chi connectivity index (χ2v) is 4.94. The molecule has 0 fully saturated rings. The minimum Gasteiger partial charge on any atom is -0.357 e. The normalized spacial score (nSPS) is 10.7. The van der Waals surface area contributed by atoms with E-state index in [-0.39, 0.29) is 5.52 Å². The van der Waals surface area contributed by atoms with E-state index in [4.69, 9.17) is 0 Å². The average molecular weight is 274 g/mol. The molecule has 0 saturated carbocycles. The molecule has 2 aromatic heterocycles. The van der Waals surface area contributed by atoms with Gasteiger partial charge in [-0.25, -0.2) is 9.78 Å². The van der Waals surface area contributed by atoms with Crippen LogP contribution < -0.4 is 16.6 Å². The van der Waals surface area contributed by atoms with Crippen molar-refractivity contribution in [3.63, 3.8) is 0 Å². The number of nitrogens with one attached hydrogen (secondary N) is 3. The maximum absolute atomic E-state index is 11.5. The summed E-state index contributed by atoms with van der Waals surface area (Å²) in [7, 11) is 0. The zero-order valence-electron chi connectivity index (χ0n) is 9.77. The number of benzene rings is 1. The highest BCUT2D eigenvalue weighted by atomic mass is 32.1. The van der Waals surface area contributed by atoms with E-state index in [1.54, 1.807) is 0 Å². The van der Waals surface area contributed by atoms with Gasteiger partial charge in [-0.3, -0.25) is 14.8 Å². The molecule has 96 valence electrons. The molecule has 0 radical (unpaired) electrons. The van der Waals surface area contributed by atoms with Crippen molar-refractivity contribution in [1.29, 1.82) is 0 Å². The van der Waals surface area contributed by atoms with Crippen LogP contribution in [0.5, 0.6) is 0 Å². The molecule has 6 nitrogen and oxygen atoms in total. The molecule has 3 aromatic rings. The highest BCUT2D eigenvalue weighted by Gasteiger charge is 2.08. The van der Waals surface area contributed by atoms with E-state index in [1.807, 2.05) is 30.3 Å². The highest BCUT2D eigenvalue weighted by Crippen LogP contribution is 2.20. The number of hydrogen-bond acceptors (Lipinski definition) is 5. The molecule has 19 heavy (non-hydrogen) atoms. The van der Waals surface area contributed by atoms with Crippen molar-refractivity contribution in [2.24, 2.45) is 0 Å². The molecule has 1 aromatic carbocycles. The molecule has 0 aliphatic rings. The molecule has 3 N–H and O–H groups in total. The Morgan fingerprint density at radius 3 is 2.74 bits per heavy atom. The van der Waals surface area contributed by atoms with Crippen LogP contribution in [0.4, 0.5) is 5.13 Å². The largest absolute Gasteiger partial charge is 0.357 e. The number of aromatic nitrogens is 3. The van der Waals surface area contributed by atoms with Crippen LogP contribution in [0, 0.1) is 0 Å². The van der Waals surface area contributed by atoms with Crippen molar-refractivity contribution in [3.05, 3.63) is 56.7 Å². The topological polar surface area (TPSA) is 90.6 Å². The first-order valence-electron chi connectivity index (χ1n) is 5.63. The van der Waals surface area contributed by atoms with Gasteiger partial charge in [-0.15, -0.1) is 0 Å². The fourth-order valence-corrected chi connectivity index (χ4v) is 2.56. The van der Waals surface area contributed by atoms with Gasteiger partial charge in [0.05, 0.1) is 0 Å². The summed E-state index contributed by atoms with van der Waals surface area (Å²) in [5.74, 6) is 0. The van der Waals surface area contributed by atoms with E-state index in [0.29, 0.717) is 16.5 Å². The minimum atomic E-state index is -0.518. The fourth-order valence-electron chi connectivity index (χ4n) is 1.70. The Balaban J connectivity index is 1.88. The molecule has 0 atom stereocenters. The number of thiazole rings is 1. The van der Waals surface area contributed by atoms with Crippen molar-refractivity contribution in [1.82, 2.24) is 15.0 Å². The average Bonchev–Trinajstić information content (AvgIpc) is 2.81. The van der Waals surface area contributed by atoms with E-state index in [0.717, 1.165) is 5.56 Å². The van der Waals surface area contributed by atoms with Crippen LogP contribution in [-0.2, 0) is 6.54 Å². The molecule has 0 spiro atoms. The first-order chi connectivity index (χ1) is 9.22. The van der Waals surface area contributed by atoms with Gasteiger partial charge >= 0.3 is 5.69 Å². The molecule has 0 aliphatic carbocycles. The Hall–Kier alpha value is -2.41. The number of rotatable bonds is 3. The highest BCUT2D eigenvalue weighted by molar-refractivity contribution is 7.21. The van der Waals surface area contributed by atoms with Gasteiger partial charge in [-0.1, -0.05) is 41.7 Å². The third-order valence-corrected chi connectivity index (χ3v) is 3.51. The number of anilines is 1. The standard InChI is InChI=1S/C12H10N4O2S/c17-9-8-10(16-11(18)15-9)19-12(14-8)13-6-7-4-2-1-3-5-7/h1-5H,6H2,(H,13,14)(H2,15,16,17,18). The molecular weight excluding hydrogens is 264 g/mol. The molecule has 0 unspecified atom stereocenters. The SMILES string of the molecule is O=c1[nH]c(=O)c2nc(NCc3ccccc3)sc2[nH]1. The van der Waals surface area contributed by atoms with Gasteiger partial charge in [-0.2, -0.15) is 0 Å². The van der Waals surface area contributed by atoms with Gasteiger partial charge in [0.1, 0.15) is 4.83 Å². The van der Waals surface area contributed by atoms with Crippen LogP contribution >= 0.6 is 11.3 Å². The van der Waals surface area contributed by atoms with Crippen molar-refractivity contribution in [3.8, 4) is 0 Å². The maximum Gasteiger partial charge on any atom is 0.326 e. The Labute approximate surface area is 111 Å². The summed E-state index contributed by atoms with van der Waals surface area (Å²) in [6.07, 6.45) is 0. The van der Waals surface area contributed by atoms with Crippen LogP contribution in [-0.4, -0.2) is 15.0 Å². The molecular formula is C12H10N4O2S. The molecule has 0 aliphatic heterocycles. The summed E-state index contributed by atoms with van der Waals surface area (Å²) < 4.78 is 0. The zero-order chi connectivity index (χ0) is 13.2. The summed E-state index contributed by atoms with van der Waals surface area (Å²) >= 11 is 1.25. The van der Waals surface area contributed by atoms with E-state index >= 15 is 0 Å². The predicted molar refractivity (Wildman–Crippen MR) is 74.6 cm³/mol. The van der Waals surface area contributed by atoms with Crippen LogP contribution in [0.15, 0.2) is 39.9 Å². The third-order valence-electron chi connectivity index (χ3n) is 2.58. The van der Waals surface area contributed by atoms with Crippen LogP contribution in [0.1, 0.15) is 5.56 Å². The summed E-state index contributed by atoms with van der Waals surface area (Å²) in [5.41, 5.74) is 0.378. The van der Waals surface area contributed by atoms with Crippen molar-refractivity contribution >= 4 is 26.8 Å². The van der Waals surface area contributed by atoms with Crippen LogP contribution in [0.3, 0.4) is 0 Å². The van der Waals surface area contributed by atoms with Crippen LogP contribution in [0.2, 0.25) is 0 Å². The monoisotopic (exact) mass is 274 g/mol. The number of fused-ring (bicyclic) bond motifs is 1.